The van der Waals surface area contributed by atoms with Crippen LogP contribution in [0.3, 0.4) is 0 Å². The number of thiazole rings is 1. The highest BCUT2D eigenvalue weighted by Crippen LogP contribution is 2.36. The van der Waals surface area contributed by atoms with E-state index in [2.05, 4.69) is 10.3 Å². The summed E-state index contributed by atoms with van der Waals surface area (Å²) in [5.74, 6) is -1.49. The van der Waals surface area contributed by atoms with Gasteiger partial charge in [0, 0.05) is 5.38 Å². The summed E-state index contributed by atoms with van der Waals surface area (Å²) in [6, 6.07) is 11.3. The summed E-state index contributed by atoms with van der Waals surface area (Å²) in [7, 11) is 0. The molecule has 0 aliphatic heterocycles. The van der Waals surface area contributed by atoms with Crippen molar-refractivity contribution >= 4 is 34.6 Å². The number of aryl methyl sites for hydroxylation is 1. The van der Waals surface area contributed by atoms with E-state index in [1.54, 1.807) is 22.8 Å². The monoisotopic (exact) mass is 384 g/mol. The van der Waals surface area contributed by atoms with Gasteiger partial charge in [-0.05, 0) is 41.8 Å². The first-order valence-corrected chi connectivity index (χ1v) is 10.00. The van der Waals surface area contributed by atoms with Crippen molar-refractivity contribution in [2.75, 3.05) is 0 Å². The molecule has 1 aliphatic carbocycles. The summed E-state index contributed by atoms with van der Waals surface area (Å²) >= 11 is 2.94. The highest BCUT2D eigenvalue weighted by Gasteiger charge is 2.45. The summed E-state index contributed by atoms with van der Waals surface area (Å²) in [6.07, 6.45) is 1.90. The van der Waals surface area contributed by atoms with Crippen molar-refractivity contribution in [1.29, 1.82) is 0 Å². The smallest absolute Gasteiger partial charge is 0.334 e. The van der Waals surface area contributed by atoms with Gasteiger partial charge >= 0.3 is 5.97 Å². The maximum absolute atomic E-state index is 12.8. The molecule has 0 fully saturated rings. The van der Waals surface area contributed by atoms with E-state index in [1.807, 2.05) is 35.7 Å². The average molecular weight is 384 g/mol. The van der Waals surface area contributed by atoms with Crippen LogP contribution in [0.1, 0.15) is 34.5 Å². The van der Waals surface area contributed by atoms with Crippen molar-refractivity contribution in [2.45, 2.75) is 24.8 Å². The number of fused-ring (bicyclic) bond motifs is 1. The zero-order valence-corrected chi connectivity index (χ0v) is 15.4. The normalized spacial score (nSPS) is 18.9. The molecule has 5 nitrogen and oxygen atoms in total. The van der Waals surface area contributed by atoms with Crippen LogP contribution in [0.5, 0.6) is 0 Å². The van der Waals surface area contributed by atoms with Crippen molar-refractivity contribution in [3.05, 3.63) is 64.0 Å². The van der Waals surface area contributed by atoms with Gasteiger partial charge in [0.2, 0.25) is 0 Å². The van der Waals surface area contributed by atoms with Crippen LogP contribution in [0.25, 0.3) is 9.88 Å². The number of carbonyl (C=O) groups excluding carboxylic acids is 1. The maximum Gasteiger partial charge on any atom is 0.334 e. The average Bonchev–Trinajstić information content (AvgIpc) is 3.33. The third-order valence-electron chi connectivity index (χ3n) is 4.64. The molecule has 0 saturated carbocycles. The highest BCUT2D eigenvalue weighted by molar-refractivity contribution is 7.20. The van der Waals surface area contributed by atoms with E-state index in [9.17, 15) is 14.7 Å². The first-order valence-electron chi connectivity index (χ1n) is 8.24. The molecule has 2 heterocycles. The minimum atomic E-state index is -1.40. The minimum absolute atomic E-state index is 0.252. The molecule has 0 bridgehead atoms. The van der Waals surface area contributed by atoms with Crippen molar-refractivity contribution in [1.82, 2.24) is 10.3 Å². The Kier molecular flexibility index (Phi) is 4.34. The van der Waals surface area contributed by atoms with Crippen molar-refractivity contribution < 1.29 is 14.7 Å². The predicted molar refractivity (Wildman–Crippen MR) is 102 cm³/mol. The Morgan fingerprint density at radius 3 is 2.77 bits per heavy atom. The lowest BCUT2D eigenvalue weighted by Gasteiger charge is -2.36. The Morgan fingerprint density at radius 1 is 1.15 bits per heavy atom. The molecule has 2 N–H and O–H groups in total. The zero-order chi connectivity index (χ0) is 18.1. The largest absolute Gasteiger partial charge is 0.479 e. The molecule has 3 aromatic rings. The van der Waals surface area contributed by atoms with E-state index in [-0.39, 0.29) is 5.69 Å². The topological polar surface area (TPSA) is 79.3 Å². The fraction of sp³-hybridized carbons (Fsp3) is 0.211. The number of nitrogens with zero attached hydrogens (tertiary/aromatic N) is 1. The lowest BCUT2D eigenvalue weighted by atomic mass is 9.76. The number of aromatic nitrogens is 1. The number of aliphatic carboxylic acids is 1. The van der Waals surface area contributed by atoms with Crippen molar-refractivity contribution in [3.63, 3.8) is 0 Å². The number of carbonyl (C=O) groups is 2. The second kappa shape index (κ2) is 6.66. The van der Waals surface area contributed by atoms with Crippen LogP contribution in [-0.4, -0.2) is 22.0 Å². The second-order valence-electron chi connectivity index (χ2n) is 6.19. The lowest BCUT2D eigenvalue weighted by molar-refractivity contribution is -0.145. The lowest BCUT2D eigenvalue weighted by Crippen LogP contribution is -2.53. The quantitative estimate of drug-likeness (QED) is 0.715. The first-order chi connectivity index (χ1) is 12.6. The van der Waals surface area contributed by atoms with Crippen LogP contribution in [-0.2, 0) is 16.8 Å². The third-order valence-corrected chi connectivity index (χ3v) is 6.52. The van der Waals surface area contributed by atoms with Gasteiger partial charge in [-0.15, -0.1) is 22.7 Å². The molecular weight excluding hydrogens is 368 g/mol. The number of carboxylic acid groups (broad SMARTS) is 1. The van der Waals surface area contributed by atoms with Gasteiger partial charge < -0.3 is 10.4 Å². The molecular formula is C19H16N2O3S2. The predicted octanol–water partition coefficient (Wildman–Crippen LogP) is 3.92. The van der Waals surface area contributed by atoms with Gasteiger partial charge in [-0.1, -0.05) is 30.3 Å². The summed E-state index contributed by atoms with van der Waals surface area (Å²) in [5.41, 5.74) is 0.487. The van der Waals surface area contributed by atoms with Crippen LogP contribution in [0.4, 0.5) is 0 Å². The third kappa shape index (κ3) is 2.83. The number of nitrogens with one attached hydrogen (secondary N) is 1. The summed E-state index contributed by atoms with van der Waals surface area (Å²) < 4.78 is 0. The Hall–Kier alpha value is -2.51. The van der Waals surface area contributed by atoms with Gasteiger partial charge in [-0.2, -0.15) is 0 Å². The molecule has 0 radical (unpaired) electrons. The van der Waals surface area contributed by atoms with E-state index < -0.39 is 17.4 Å². The summed E-state index contributed by atoms with van der Waals surface area (Å²) in [5, 5.41) is 17.1. The minimum Gasteiger partial charge on any atom is -0.479 e. The van der Waals surface area contributed by atoms with Crippen LogP contribution in [0, 0.1) is 0 Å². The molecule has 1 aromatic carbocycles. The number of benzene rings is 1. The Balaban J connectivity index is 1.66. The second-order valence-corrected chi connectivity index (χ2v) is 8.00. The molecule has 2 aromatic heterocycles. The van der Waals surface area contributed by atoms with Gasteiger partial charge in [0.05, 0.1) is 4.88 Å². The molecule has 4 rings (SSSR count). The molecule has 132 valence electrons. The van der Waals surface area contributed by atoms with Crippen LogP contribution in [0.15, 0.2) is 47.2 Å². The van der Waals surface area contributed by atoms with Gasteiger partial charge in [0.15, 0.2) is 5.54 Å². The van der Waals surface area contributed by atoms with E-state index in [0.717, 1.165) is 21.9 Å². The molecule has 0 unspecified atom stereocenters. The van der Waals surface area contributed by atoms with E-state index >= 15 is 0 Å². The maximum atomic E-state index is 12.8. The van der Waals surface area contributed by atoms with Gasteiger partial charge in [-0.3, -0.25) is 4.79 Å². The molecule has 1 aliphatic rings. The van der Waals surface area contributed by atoms with Crippen LogP contribution >= 0.6 is 22.7 Å². The Labute approximate surface area is 158 Å². The highest BCUT2D eigenvalue weighted by atomic mass is 32.1. The Morgan fingerprint density at radius 2 is 2.00 bits per heavy atom. The fourth-order valence-corrected chi connectivity index (χ4v) is 5.00. The SMILES string of the molecule is O=C(N[C@@]1(C(=O)O)CCCc2ccccc21)c1csc(-c2cccs2)n1. The van der Waals surface area contributed by atoms with E-state index in [4.69, 9.17) is 0 Å². The number of thiophene rings is 1. The van der Waals surface area contributed by atoms with Gasteiger partial charge in [-0.25, -0.2) is 9.78 Å². The molecule has 0 spiro atoms. The van der Waals surface area contributed by atoms with Crippen molar-refractivity contribution in [3.8, 4) is 9.88 Å². The standard InChI is InChI=1S/C19H16N2O3S2/c22-16(14-11-26-17(20-14)15-8-4-10-25-15)21-19(18(23)24)9-3-6-12-5-1-2-7-13(12)19/h1-2,4-5,7-8,10-11H,3,6,9H2,(H,21,22)(H,23,24)/t19-/m0/s1. The number of hydrogen-bond acceptors (Lipinski definition) is 5. The van der Waals surface area contributed by atoms with Gasteiger partial charge in [0.25, 0.3) is 5.91 Å². The van der Waals surface area contributed by atoms with Crippen molar-refractivity contribution in [2.24, 2.45) is 0 Å². The zero-order valence-electron chi connectivity index (χ0n) is 13.8. The molecule has 26 heavy (non-hydrogen) atoms. The molecule has 0 saturated heterocycles. The molecule has 7 heteroatoms. The van der Waals surface area contributed by atoms with E-state index in [0.29, 0.717) is 18.4 Å². The van der Waals surface area contributed by atoms with Gasteiger partial charge in [0.1, 0.15) is 10.7 Å². The van der Waals surface area contributed by atoms with Crippen LogP contribution in [0.2, 0.25) is 0 Å². The number of amides is 1. The number of carboxylic acids is 1. The molecule has 1 amide bonds. The first kappa shape index (κ1) is 16.9. The number of rotatable bonds is 4. The molecule has 1 atom stereocenters. The Bertz CT molecular complexity index is 965. The summed E-state index contributed by atoms with van der Waals surface area (Å²) in [4.78, 5) is 30.3. The van der Waals surface area contributed by atoms with Crippen LogP contribution < -0.4 is 5.32 Å². The fourth-order valence-electron chi connectivity index (χ4n) is 3.39. The van der Waals surface area contributed by atoms with E-state index in [1.165, 1.54) is 11.3 Å². The summed E-state index contributed by atoms with van der Waals surface area (Å²) in [6.45, 7) is 0. The number of hydrogen-bond donors (Lipinski definition) is 2.